The van der Waals surface area contributed by atoms with Gasteiger partial charge in [0.15, 0.2) is 5.82 Å². The molecule has 0 bridgehead atoms. The second kappa shape index (κ2) is 3.33. The van der Waals surface area contributed by atoms with Crippen molar-refractivity contribution in [2.75, 3.05) is 25.0 Å². The maximum atomic E-state index is 5.41. The normalized spacial score (nSPS) is 16.2. The number of aromatic nitrogens is 2. The van der Waals surface area contributed by atoms with Crippen LogP contribution in [0.2, 0.25) is 0 Å². The highest BCUT2D eigenvalue weighted by Gasteiger charge is 2.29. The second-order valence-corrected chi connectivity index (χ2v) is 3.42. The van der Waals surface area contributed by atoms with Gasteiger partial charge in [-0.25, -0.2) is 0 Å². The van der Waals surface area contributed by atoms with E-state index in [-0.39, 0.29) is 0 Å². The Balaban J connectivity index is 2.03. The van der Waals surface area contributed by atoms with E-state index in [2.05, 4.69) is 10.1 Å². The first-order valence-electron chi connectivity index (χ1n) is 4.56. The molecule has 5 heteroatoms. The smallest absolute Gasteiger partial charge is 0.323 e. The largest absolute Gasteiger partial charge is 0.329 e. The number of likely N-dealkylation sites (N-methyl/N-ethyl adjacent to an activating group) is 1. The highest BCUT2D eigenvalue weighted by atomic mass is 16.5. The van der Waals surface area contributed by atoms with E-state index >= 15 is 0 Å². The topological polar surface area (TPSA) is 68.2 Å². The van der Waals surface area contributed by atoms with Gasteiger partial charge in [-0.1, -0.05) is 5.16 Å². The summed E-state index contributed by atoms with van der Waals surface area (Å²) in [5.41, 5.74) is 5.41. The Hall–Kier alpha value is -1.10. The summed E-state index contributed by atoms with van der Waals surface area (Å²) in [6.45, 7) is 1.34. The first-order valence-corrected chi connectivity index (χ1v) is 4.56. The fourth-order valence-electron chi connectivity index (χ4n) is 1.18. The minimum atomic E-state index is 0.545. The third-order valence-corrected chi connectivity index (χ3v) is 2.16. The molecule has 0 atom stereocenters. The molecule has 0 spiro atoms. The Kier molecular flexibility index (Phi) is 2.18. The Labute approximate surface area is 76.9 Å². The van der Waals surface area contributed by atoms with Crippen molar-refractivity contribution in [1.29, 1.82) is 0 Å². The minimum Gasteiger partial charge on any atom is -0.329 e. The van der Waals surface area contributed by atoms with Gasteiger partial charge in [0.05, 0.1) is 0 Å². The van der Waals surface area contributed by atoms with Crippen LogP contribution < -0.4 is 10.6 Å². The van der Waals surface area contributed by atoms with Gasteiger partial charge in [-0.2, -0.15) is 4.98 Å². The van der Waals surface area contributed by atoms with Crippen LogP contribution in [0.5, 0.6) is 0 Å². The van der Waals surface area contributed by atoms with E-state index in [0.29, 0.717) is 18.5 Å². The third kappa shape index (κ3) is 1.80. The summed E-state index contributed by atoms with van der Waals surface area (Å²) in [6, 6.07) is 0.576. The van der Waals surface area contributed by atoms with Gasteiger partial charge in [-0.15, -0.1) is 0 Å². The molecule has 1 aliphatic carbocycles. The molecule has 5 nitrogen and oxygen atoms in total. The first kappa shape index (κ1) is 8.50. The number of hydrogen-bond donors (Lipinski definition) is 1. The lowest BCUT2D eigenvalue weighted by atomic mass is 10.4. The van der Waals surface area contributed by atoms with Crippen molar-refractivity contribution in [1.82, 2.24) is 10.1 Å². The van der Waals surface area contributed by atoms with Gasteiger partial charge in [-0.3, -0.25) is 0 Å². The maximum absolute atomic E-state index is 5.41. The summed E-state index contributed by atoms with van der Waals surface area (Å²) >= 11 is 0. The third-order valence-electron chi connectivity index (χ3n) is 2.16. The molecule has 72 valence electrons. The lowest BCUT2D eigenvalue weighted by Gasteiger charge is -2.10. The zero-order chi connectivity index (χ0) is 9.26. The molecule has 1 aliphatic rings. The zero-order valence-corrected chi connectivity index (χ0v) is 7.73. The quantitative estimate of drug-likeness (QED) is 0.727. The number of anilines is 1. The number of hydrogen-bond acceptors (Lipinski definition) is 5. The van der Waals surface area contributed by atoms with E-state index in [9.17, 15) is 0 Å². The van der Waals surface area contributed by atoms with Gasteiger partial charge < -0.3 is 15.2 Å². The van der Waals surface area contributed by atoms with Crippen LogP contribution in [0.25, 0.3) is 0 Å². The summed E-state index contributed by atoms with van der Waals surface area (Å²) in [4.78, 5) is 6.16. The predicted octanol–water partition coefficient (Wildman–Crippen LogP) is 0.342. The lowest BCUT2D eigenvalue weighted by Crippen LogP contribution is -2.25. The molecule has 1 aromatic heterocycles. The first-order chi connectivity index (χ1) is 6.31. The molecule has 1 heterocycles. The summed E-state index contributed by atoms with van der Waals surface area (Å²) in [5.74, 6) is 1.39. The highest BCUT2D eigenvalue weighted by molar-refractivity contribution is 5.24. The molecular weight excluding hydrogens is 168 g/mol. The molecule has 0 amide bonds. The van der Waals surface area contributed by atoms with Crippen LogP contribution in [0.15, 0.2) is 4.52 Å². The van der Waals surface area contributed by atoms with E-state index < -0.39 is 0 Å². The Bertz CT molecular complexity index is 281. The molecule has 0 aliphatic heterocycles. The van der Waals surface area contributed by atoms with Crippen LogP contribution in [0.4, 0.5) is 6.01 Å². The fraction of sp³-hybridized carbons (Fsp3) is 0.750. The minimum absolute atomic E-state index is 0.545. The SMILES string of the molecule is CN(CCN)c1nc(C2CC2)no1. The number of nitrogens with two attached hydrogens (primary N) is 1. The van der Waals surface area contributed by atoms with Crippen molar-refractivity contribution < 1.29 is 4.52 Å². The molecule has 13 heavy (non-hydrogen) atoms. The summed E-state index contributed by atoms with van der Waals surface area (Å²) in [5, 5.41) is 3.91. The molecule has 1 saturated carbocycles. The van der Waals surface area contributed by atoms with Crippen molar-refractivity contribution in [3.63, 3.8) is 0 Å². The van der Waals surface area contributed by atoms with E-state index in [1.54, 1.807) is 0 Å². The summed E-state index contributed by atoms with van der Waals surface area (Å²) in [6.07, 6.45) is 2.39. The van der Waals surface area contributed by atoms with Crippen LogP contribution in [-0.2, 0) is 0 Å². The molecule has 0 saturated heterocycles. The van der Waals surface area contributed by atoms with E-state index in [4.69, 9.17) is 10.3 Å². The molecule has 2 N–H and O–H groups in total. The Morgan fingerprint density at radius 2 is 2.38 bits per heavy atom. The predicted molar refractivity (Wildman–Crippen MR) is 48.6 cm³/mol. The molecule has 0 aromatic carbocycles. The van der Waals surface area contributed by atoms with Crippen molar-refractivity contribution in [3.05, 3.63) is 5.82 Å². The summed E-state index contributed by atoms with van der Waals surface area (Å²) < 4.78 is 5.09. The van der Waals surface area contributed by atoms with Crippen LogP contribution in [0.1, 0.15) is 24.6 Å². The average Bonchev–Trinajstić information content (AvgIpc) is 2.84. The van der Waals surface area contributed by atoms with Gasteiger partial charge in [-0.05, 0) is 12.8 Å². The molecule has 0 unspecified atom stereocenters. The second-order valence-electron chi connectivity index (χ2n) is 3.42. The van der Waals surface area contributed by atoms with Gasteiger partial charge in [0.1, 0.15) is 0 Å². The van der Waals surface area contributed by atoms with E-state index in [0.717, 1.165) is 12.4 Å². The van der Waals surface area contributed by atoms with E-state index in [1.165, 1.54) is 12.8 Å². The standard InChI is InChI=1S/C8H14N4O/c1-12(5-4-9)8-10-7(11-13-8)6-2-3-6/h6H,2-5,9H2,1H3. The van der Waals surface area contributed by atoms with E-state index in [1.807, 2.05) is 11.9 Å². The number of nitrogens with zero attached hydrogens (tertiary/aromatic N) is 3. The van der Waals surface area contributed by atoms with Gasteiger partial charge in [0, 0.05) is 26.1 Å². The van der Waals surface area contributed by atoms with Crippen molar-refractivity contribution >= 4 is 6.01 Å². The summed E-state index contributed by atoms with van der Waals surface area (Å²) in [7, 11) is 1.90. The van der Waals surface area contributed by atoms with Crippen molar-refractivity contribution in [3.8, 4) is 0 Å². The van der Waals surface area contributed by atoms with Crippen LogP contribution in [0.3, 0.4) is 0 Å². The van der Waals surface area contributed by atoms with Crippen LogP contribution in [0, 0.1) is 0 Å². The Morgan fingerprint density at radius 3 is 3.00 bits per heavy atom. The van der Waals surface area contributed by atoms with Gasteiger partial charge in [0.2, 0.25) is 0 Å². The maximum Gasteiger partial charge on any atom is 0.323 e. The lowest BCUT2D eigenvalue weighted by molar-refractivity contribution is 0.411. The van der Waals surface area contributed by atoms with Crippen LogP contribution >= 0.6 is 0 Å². The highest BCUT2D eigenvalue weighted by Crippen LogP contribution is 2.38. The molecule has 0 radical (unpaired) electrons. The fourth-order valence-corrected chi connectivity index (χ4v) is 1.18. The van der Waals surface area contributed by atoms with Gasteiger partial charge in [0.25, 0.3) is 0 Å². The van der Waals surface area contributed by atoms with Gasteiger partial charge >= 0.3 is 6.01 Å². The molecule has 1 aromatic rings. The molecule has 1 fully saturated rings. The van der Waals surface area contributed by atoms with Crippen molar-refractivity contribution in [2.45, 2.75) is 18.8 Å². The molecular formula is C8H14N4O. The average molecular weight is 182 g/mol. The monoisotopic (exact) mass is 182 g/mol. The van der Waals surface area contributed by atoms with Crippen molar-refractivity contribution in [2.24, 2.45) is 5.73 Å². The van der Waals surface area contributed by atoms with Crippen LogP contribution in [-0.4, -0.2) is 30.3 Å². The molecule has 2 rings (SSSR count). The number of rotatable bonds is 4. The Morgan fingerprint density at radius 1 is 1.62 bits per heavy atom. The zero-order valence-electron chi connectivity index (χ0n) is 7.73.